The number of aliphatic hydroxyl groups excluding tert-OH is 1. The lowest BCUT2D eigenvalue weighted by atomic mass is 9.98. The van der Waals surface area contributed by atoms with E-state index in [1.165, 1.54) is 0 Å². The predicted molar refractivity (Wildman–Crippen MR) is 76.5 cm³/mol. The summed E-state index contributed by atoms with van der Waals surface area (Å²) in [6.07, 6.45) is -1.62. The van der Waals surface area contributed by atoms with Crippen LogP contribution in [0.25, 0.3) is 10.8 Å². The third-order valence-electron chi connectivity index (χ3n) is 3.70. The average Bonchev–Trinajstić information content (AvgIpc) is 2.84. The zero-order valence-electron chi connectivity index (χ0n) is 11.8. The highest BCUT2D eigenvalue weighted by Crippen LogP contribution is 2.43. The first-order valence-electron chi connectivity index (χ1n) is 6.67. The lowest BCUT2D eigenvalue weighted by Gasteiger charge is -2.20. The molecule has 0 spiro atoms. The molecular weight excluding hydrogens is 272 g/mol. The number of fused-ring (bicyclic) bond motifs is 1. The molecule has 0 radical (unpaired) electrons. The van der Waals surface area contributed by atoms with Crippen molar-refractivity contribution in [3.05, 3.63) is 35.9 Å². The van der Waals surface area contributed by atoms with E-state index in [4.69, 9.17) is 14.2 Å². The standard InChI is InChI=1S/C16H16O5/c1-19-13-7-11(16-12(17)8-14(18)21-16)15(20-2)10-6-4-3-5-9(10)13/h3-7,12,16-17H,8H2,1-2H3/t12-,16+/m1/s1. The van der Waals surface area contributed by atoms with E-state index < -0.39 is 18.2 Å². The number of hydrogen-bond donors (Lipinski definition) is 1. The Labute approximate surface area is 122 Å². The number of esters is 1. The Bertz CT molecular complexity index is 694. The molecule has 110 valence electrons. The summed E-state index contributed by atoms with van der Waals surface area (Å²) in [5.74, 6) is 0.823. The maximum atomic E-state index is 11.4. The Morgan fingerprint density at radius 3 is 2.48 bits per heavy atom. The maximum absolute atomic E-state index is 11.4. The first-order chi connectivity index (χ1) is 10.2. The van der Waals surface area contributed by atoms with Crippen LogP contribution in [0, 0.1) is 0 Å². The summed E-state index contributed by atoms with van der Waals surface area (Å²) in [5.41, 5.74) is 0.617. The van der Waals surface area contributed by atoms with Gasteiger partial charge in [-0.05, 0) is 6.07 Å². The van der Waals surface area contributed by atoms with Gasteiger partial charge in [-0.3, -0.25) is 4.79 Å². The predicted octanol–water partition coefficient (Wildman–Crippen LogP) is 2.21. The molecule has 5 nitrogen and oxygen atoms in total. The molecule has 2 atom stereocenters. The molecule has 1 N–H and O–H groups in total. The summed E-state index contributed by atoms with van der Waals surface area (Å²) in [5, 5.41) is 11.8. The Morgan fingerprint density at radius 2 is 1.90 bits per heavy atom. The van der Waals surface area contributed by atoms with Crippen LogP contribution < -0.4 is 9.47 Å². The normalized spacial score (nSPS) is 21.4. The Balaban J connectivity index is 2.24. The van der Waals surface area contributed by atoms with Gasteiger partial charge >= 0.3 is 5.97 Å². The number of aliphatic hydroxyl groups is 1. The van der Waals surface area contributed by atoms with Crippen molar-refractivity contribution in [2.45, 2.75) is 18.6 Å². The van der Waals surface area contributed by atoms with Crippen molar-refractivity contribution >= 4 is 16.7 Å². The smallest absolute Gasteiger partial charge is 0.309 e. The van der Waals surface area contributed by atoms with E-state index >= 15 is 0 Å². The maximum Gasteiger partial charge on any atom is 0.309 e. The first kappa shape index (κ1) is 13.7. The van der Waals surface area contributed by atoms with Gasteiger partial charge in [0.15, 0.2) is 6.10 Å². The Hall–Kier alpha value is -2.27. The summed E-state index contributed by atoms with van der Waals surface area (Å²) >= 11 is 0. The summed E-state index contributed by atoms with van der Waals surface area (Å²) in [4.78, 5) is 11.4. The third kappa shape index (κ3) is 2.19. The number of benzene rings is 2. The van der Waals surface area contributed by atoms with Crippen molar-refractivity contribution in [3.8, 4) is 11.5 Å². The van der Waals surface area contributed by atoms with E-state index in [0.29, 0.717) is 17.1 Å². The molecule has 0 bridgehead atoms. The van der Waals surface area contributed by atoms with Crippen LogP contribution in [0.3, 0.4) is 0 Å². The molecule has 3 rings (SSSR count). The molecule has 1 saturated heterocycles. The highest BCUT2D eigenvalue weighted by atomic mass is 16.6. The fraction of sp³-hybridized carbons (Fsp3) is 0.312. The van der Waals surface area contributed by atoms with Gasteiger partial charge in [0.05, 0.1) is 20.6 Å². The molecule has 0 unspecified atom stereocenters. The second-order valence-electron chi connectivity index (χ2n) is 4.93. The molecule has 5 heteroatoms. The number of carbonyl (C=O) groups is 1. The fourth-order valence-corrected chi connectivity index (χ4v) is 2.76. The average molecular weight is 288 g/mol. The van der Waals surface area contributed by atoms with Crippen molar-refractivity contribution in [2.24, 2.45) is 0 Å². The monoisotopic (exact) mass is 288 g/mol. The van der Waals surface area contributed by atoms with Crippen molar-refractivity contribution in [1.29, 1.82) is 0 Å². The van der Waals surface area contributed by atoms with Gasteiger partial charge in [-0.25, -0.2) is 0 Å². The van der Waals surface area contributed by atoms with Gasteiger partial charge in [-0.1, -0.05) is 24.3 Å². The lowest BCUT2D eigenvalue weighted by Crippen LogP contribution is -2.13. The minimum absolute atomic E-state index is 0.0109. The van der Waals surface area contributed by atoms with Gasteiger partial charge in [0, 0.05) is 16.3 Å². The number of ether oxygens (including phenoxy) is 3. The highest BCUT2D eigenvalue weighted by Gasteiger charge is 2.37. The summed E-state index contributed by atoms with van der Waals surface area (Å²) in [6.45, 7) is 0. The van der Waals surface area contributed by atoms with Crippen LogP contribution in [0.2, 0.25) is 0 Å². The van der Waals surface area contributed by atoms with E-state index in [0.717, 1.165) is 10.8 Å². The summed E-state index contributed by atoms with van der Waals surface area (Å²) in [6, 6.07) is 9.40. The lowest BCUT2D eigenvalue weighted by molar-refractivity contribution is -0.142. The molecule has 0 amide bonds. The molecule has 21 heavy (non-hydrogen) atoms. The van der Waals surface area contributed by atoms with Gasteiger partial charge in [0.2, 0.25) is 0 Å². The fourth-order valence-electron chi connectivity index (χ4n) is 2.76. The summed E-state index contributed by atoms with van der Waals surface area (Å²) in [7, 11) is 3.13. The molecule has 1 aliphatic heterocycles. The van der Waals surface area contributed by atoms with Gasteiger partial charge in [-0.15, -0.1) is 0 Å². The Morgan fingerprint density at radius 1 is 1.19 bits per heavy atom. The summed E-state index contributed by atoms with van der Waals surface area (Å²) < 4.78 is 16.1. The molecular formula is C16H16O5. The zero-order valence-corrected chi connectivity index (χ0v) is 11.8. The van der Waals surface area contributed by atoms with E-state index in [-0.39, 0.29) is 6.42 Å². The molecule has 0 aliphatic carbocycles. The number of cyclic esters (lactones) is 1. The first-order valence-corrected chi connectivity index (χ1v) is 6.67. The van der Waals surface area contributed by atoms with E-state index in [2.05, 4.69) is 0 Å². The second-order valence-corrected chi connectivity index (χ2v) is 4.93. The molecule has 1 fully saturated rings. The molecule has 2 aromatic rings. The van der Waals surface area contributed by atoms with E-state index in [1.54, 1.807) is 20.3 Å². The third-order valence-corrected chi connectivity index (χ3v) is 3.70. The molecule has 0 saturated carbocycles. The van der Waals surface area contributed by atoms with Crippen LogP contribution >= 0.6 is 0 Å². The van der Waals surface area contributed by atoms with Gasteiger partial charge < -0.3 is 19.3 Å². The van der Waals surface area contributed by atoms with Crippen molar-refractivity contribution < 1.29 is 24.1 Å². The van der Waals surface area contributed by atoms with Crippen molar-refractivity contribution in [3.63, 3.8) is 0 Å². The molecule has 2 aromatic carbocycles. The largest absolute Gasteiger partial charge is 0.496 e. The number of rotatable bonds is 3. The quantitative estimate of drug-likeness (QED) is 0.877. The highest BCUT2D eigenvalue weighted by molar-refractivity contribution is 5.95. The van der Waals surface area contributed by atoms with Crippen LogP contribution in [0.15, 0.2) is 30.3 Å². The van der Waals surface area contributed by atoms with Crippen LogP contribution in [-0.2, 0) is 9.53 Å². The van der Waals surface area contributed by atoms with Gasteiger partial charge in [0.1, 0.15) is 17.6 Å². The minimum atomic E-state index is -0.878. The number of hydrogen-bond acceptors (Lipinski definition) is 5. The Kier molecular flexibility index (Phi) is 3.43. The number of carbonyl (C=O) groups excluding carboxylic acids is 1. The zero-order chi connectivity index (χ0) is 15.0. The molecule has 1 aliphatic rings. The molecule has 0 aromatic heterocycles. The van der Waals surface area contributed by atoms with Crippen LogP contribution in [0.4, 0.5) is 0 Å². The van der Waals surface area contributed by atoms with E-state index in [1.807, 2.05) is 24.3 Å². The van der Waals surface area contributed by atoms with Gasteiger partial charge in [0.25, 0.3) is 0 Å². The van der Waals surface area contributed by atoms with Crippen LogP contribution in [0.5, 0.6) is 11.5 Å². The molecule has 1 heterocycles. The van der Waals surface area contributed by atoms with Crippen LogP contribution in [-0.4, -0.2) is 31.4 Å². The second kappa shape index (κ2) is 5.26. The van der Waals surface area contributed by atoms with Crippen molar-refractivity contribution in [1.82, 2.24) is 0 Å². The van der Waals surface area contributed by atoms with Crippen molar-refractivity contribution in [2.75, 3.05) is 14.2 Å². The minimum Gasteiger partial charge on any atom is -0.496 e. The van der Waals surface area contributed by atoms with Crippen LogP contribution in [0.1, 0.15) is 18.1 Å². The topological polar surface area (TPSA) is 65.0 Å². The SMILES string of the molecule is COc1cc([C@@H]2OC(=O)C[C@H]2O)c(OC)c2ccccc12. The van der Waals surface area contributed by atoms with Gasteiger partial charge in [-0.2, -0.15) is 0 Å². The number of methoxy groups -OCH3 is 2. The van der Waals surface area contributed by atoms with E-state index in [9.17, 15) is 9.90 Å².